The largest absolute Gasteiger partial charge is 0.309 e. The molecule has 254 valence electrons. The molecule has 10 rings (SSSR count). The van der Waals surface area contributed by atoms with Gasteiger partial charge in [0.1, 0.15) is 0 Å². The van der Waals surface area contributed by atoms with Crippen molar-refractivity contribution in [2.24, 2.45) is 0 Å². The smallest absolute Gasteiger partial charge is 0.0640 e. The standard InChI is InChI=1S/C52H36N2/c1-5-17-37(18-6-1)39-29-32-44(33-30-39)53(48-28-16-15-26-45(48)40-21-9-3-10-22-40)50-36-42-23-13-14-27-46(42)52-51(50)47-34-31-41(38-19-7-2-8-20-38)35-49(47)54(52)43-24-11-4-12-25-43/h1-36H. The van der Waals surface area contributed by atoms with Gasteiger partial charge in [-0.05, 0) is 75.7 Å². The Bertz CT molecular complexity index is 2890. The molecule has 0 N–H and O–H groups in total. The molecule has 0 spiro atoms. The van der Waals surface area contributed by atoms with E-state index in [1.807, 2.05) is 0 Å². The van der Waals surface area contributed by atoms with Crippen LogP contribution in [0.3, 0.4) is 0 Å². The zero-order chi connectivity index (χ0) is 35.8. The van der Waals surface area contributed by atoms with Gasteiger partial charge in [-0.25, -0.2) is 0 Å². The Kier molecular flexibility index (Phi) is 7.85. The molecule has 2 nitrogen and oxygen atoms in total. The number of anilines is 3. The number of aromatic nitrogens is 1. The SMILES string of the molecule is c1ccc(-c2ccc(N(c3ccccc3-c3ccccc3)c3cc4ccccc4c4c3c3ccc(-c5ccccc5)cc3n4-c3ccccc3)cc2)cc1. The number of para-hydroxylation sites is 2. The number of nitrogens with zero attached hydrogens (tertiary/aromatic N) is 2. The fourth-order valence-electron chi connectivity index (χ4n) is 8.06. The third-order valence-electron chi connectivity index (χ3n) is 10.6. The quantitative estimate of drug-likeness (QED) is 0.162. The summed E-state index contributed by atoms with van der Waals surface area (Å²) < 4.78 is 2.47. The summed E-state index contributed by atoms with van der Waals surface area (Å²) in [5, 5.41) is 4.82. The molecule has 0 aliphatic rings. The molecule has 0 amide bonds. The van der Waals surface area contributed by atoms with Crippen molar-refractivity contribution in [2.45, 2.75) is 0 Å². The minimum Gasteiger partial charge on any atom is -0.309 e. The van der Waals surface area contributed by atoms with Gasteiger partial charge < -0.3 is 9.47 Å². The van der Waals surface area contributed by atoms with Crippen molar-refractivity contribution in [3.8, 4) is 39.1 Å². The summed E-state index contributed by atoms with van der Waals surface area (Å²) >= 11 is 0. The monoisotopic (exact) mass is 688 g/mol. The van der Waals surface area contributed by atoms with Crippen molar-refractivity contribution >= 4 is 49.6 Å². The number of hydrogen-bond acceptors (Lipinski definition) is 1. The van der Waals surface area contributed by atoms with Crippen molar-refractivity contribution < 1.29 is 0 Å². The van der Waals surface area contributed by atoms with E-state index in [0.717, 1.165) is 22.7 Å². The minimum atomic E-state index is 1.09. The molecule has 54 heavy (non-hydrogen) atoms. The molecule has 0 atom stereocenters. The summed E-state index contributed by atoms with van der Waals surface area (Å²) in [6, 6.07) is 78.9. The Balaban J connectivity index is 1.33. The molecule has 0 radical (unpaired) electrons. The molecular weight excluding hydrogens is 653 g/mol. The molecule has 9 aromatic carbocycles. The van der Waals surface area contributed by atoms with Crippen molar-refractivity contribution in [1.82, 2.24) is 4.57 Å². The van der Waals surface area contributed by atoms with Crippen LogP contribution in [0.1, 0.15) is 0 Å². The minimum absolute atomic E-state index is 1.09. The summed E-state index contributed by atoms with van der Waals surface area (Å²) in [5.41, 5.74) is 14.0. The predicted octanol–water partition coefficient (Wildman–Crippen LogP) is 14.4. The van der Waals surface area contributed by atoms with Gasteiger partial charge >= 0.3 is 0 Å². The zero-order valence-electron chi connectivity index (χ0n) is 29.7. The van der Waals surface area contributed by atoms with Gasteiger partial charge in [0.25, 0.3) is 0 Å². The van der Waals surface area contributed by atoms with E-state index in [4.69, 9.17) is 0 Å². The fourth-order valence-corrected chi connectivity index (χ4v) is 8.06. The highest BCUT2D eigenvalue weighted by atomic mass is 15.2. The van der Waals surface area contributed by atoms with Crippen LogP contribution >= 0.6 is 0 Å². The van der Waals surface area contributed by atoms with E-state index in [-0.39, 0.29) is 0 Å². The van der Waals surface area contributed by atoms with E-state index in [9.17, 15) is 0 Å². The maximum absolute atomic E-state index is 2.48. The highest BCUT2D eigenvalue weighted by molar-refractivity contribution is 6.25. The molecule has 0 aliphatic carbocycles. The summed E-state index contributed by atoms with van der Waals surface area (Å²) in [6.45, 7) is 0. The molecule has 1 aromatic heterocycles. The molecule has 0 saturated heterocycles. The first kappa shape index (κ1) is 31.6. The molecule has 0 bridgehead atoms. The number of hydrogen-bond donors (Lipinski definition) is 0. The van der Waals surface area contributed by atoms with Crippen molar-refractivity contribution in [2.75, 3.05) is 4.90 Å². The molecule has 2 heteroatoms. The van der Waals surface area contributed by atoms with Gasteiger partial charge in [0.2, 0.25) is 0 Å². The molecule has 1 heterocycles. The molecule has 0 aliphatic heterocycles. The molecule has 0 saturated carbocycles. The van der Waals surface area contributed by atoms with Gasteiger partial charge in [0, 0.05) is 33.1 Å². The molecule has 10 aromatic rings. The summed E-state index contributed by atoms with van der Waals surface area (Å²) in [4.78, 5) is 2.48. The van der Waals surface area contributed by atoms with Crippen LogP contribution in [0.2, 0.25) is 0 Å². The molecule has 0 fully saturated rings. The second-order valence-electron chi connectivity index (χ2n) is 13.7. The Hall–Kier alpha value is -7.16. The lowest BCUT2D eigenvalue weighted by molar-refractivity contribution is 1.19. The zero-order valence-corrected chi connectivity index (χ0v) is 29.7. The maximum Gasteiger partial charge on any atom is 0.0640 e. The Morgan fingerprint density at radius 2 is 0.889 bits per heavy atom. The van der Waals surface area contributed by atoms with E-state index < -0.39 is 0 Å². The van der Waals surface area contributed by atoms with Crippen LogP contribution in [0, 0.1) is 0 Å². The van der Waals surface area contributed by atoms with Crippen LogP contribution in [0.5, 0.6) is 0 Å². The second-order valence-corrected chi connectivity index (χ2v) is 13.7. The van der Waals surface area contributed by atoms with Gasteiger partial charge in [-0.15, -0.1) is 0 Å². The van der Waals surface area contributed by atoms with E-state index in [0.29, 0.717) is 0 Å². The van der Waals surface area contributed by atoms with Gasteiger partial charge in [-0.1, -0.05) is 176 Å². The lowest BCUT2D eigenvalue weighted by Gasteiger charge is -2.29. The van der Waals surface area contributed by atoms with E-state index in [1.165, 1.54) is 66.0 Å². The van der Waals surface area contributed by atoms with Crippen molar-refractivity contribution in [3.05, 3.63) is 218 Å². The van der Waals surface area contributed by atoms with E-state index >= 15 is 0 Å². The lowest BCUT2D eigenvalue weighted by atomic mass is 9.98. The maximum atomic E-state index is 2.48. The number of fused-ring (bicyclic) bond motifs is 5. The van der Waals surface area contributed by atoms with Crippen LogP contribution < -0.4 is 4.90 Å². The first-order valence-electron chi connectivity index (χ1n) is 18.5. The van der Waals surface area contributed by atoms with Crippen LogP contribution in [-0.4, -0.2) is 4.57 Å². The third-order valence-corrected chi connectivity index (χ3v) is 10.6. The fraction of sp³-hybridized carbons (Fsp3) is 0. The predicted molar refractivity (Wildman–Crippen MR) is 229 cm³/mol. The first-order valence-corrected chi connectivity index (χ1v) is 18.5. The average Bonchev–Trinajstić information content (AvgIpc) is 3.60. The van der Waals surface area contributed by atoms with Crippen LogP contribution in [0.15, 0.2) is 218 Å². The average molecular weight is 689 g/mol. The van der Waals surface area contributed by atoms with Crippen LogP contribution in [-0.2, 0) is 0 Å². The number of benzene rings is 9. The van der Waals surface area contributed by atoms with Gasteiger partial charge in [0.05, 0.1) is 22.4 Å². The summed E-state index contributed by atoms with van der Waals surface area (Å²) in [6.07, 6.45) is 0. The normalized spacial score (nSPS) is 11.3. The molecule has 0 unspecified atom stereocenters. The highest BCUT2D eigenvalue weighted by Gasteiger charge is 2.25. The number of rotatable bonds is 7. The third kappa shape index (κ3) is 5.44. The van der Waals surface area contributed by atoms with E-state index in [2.05, 4.69) is 228 Å². The topological polar surface area (TPSA) is 8.17 Å². The molecular formula is C52H36N2. The summed E-state index contributed by atoms with van der Waals surface area (Å²) in [5.74, 6) is 0. The van der Waals surface area contributed by atoms with Crippen molar-refractivity contribution in [3.63, 3.8) is 0 Å². The highest BCUT2D eigenvalue weighted by Crippen LogP contribution is 2.49. The van der Waals surface area contributed by atoms with Gasteiger partial charge in [-0.2, -0.15) is 0 Å². The lowest BCUT2D eigenvalue weighted by Crippen LogP contribution is -2.12. The second kappa shape index (κ2) is 13.4. The first-order chi connectivity index (χ1) is 26.8. The van der Waals surface area contributed by atoms with Crippen LogP contribution in [0.4, 0.5) is 17.1 Å². The Morgan fingerprint density at radius 1 is 0.352 bits per heavy atom. The van der Waals surface area contributed by atoms with Gasteiger partial charge in [0.15, 0.2) is 0 Å². The Morgan fingerprint density at radius 3 is 1.59 bits per heavy atom. The van der Waals surface area contributed by atoms with Crippen LogP contribution in [0.25, 0.3) is 71.6 Å². The van der Waals surface area contributed by atoms with Gasteiger partial charge in [-0.3, -0.25) is 0 Å². The van der Waals surface area contributed by atoms with E-state index in [1.54, 1.807) is 0 Å². The summed E-state index contributed by atoms with van der Waals surface area (Å²) in [7, 11) is 0. The Labute approximate surface area is 315 Å². The van der Waals surface area contributed by atoms with Crippen molar-refractivity contribution in [1.29, 1.82) is 0 Å².